The van der Waals surface area contributed by atoms with Crippen molar-refractivity contribution in [2.45, 2.75) is 38.8 Å². The molecule has 0 bridgehead atoms. The van der Waals surface area contributed by atoms with E-state index in [4.69, 9.17) is 14.7 Å². The summed E-state index contributed by atoms with van der Waals surface area (Å²) in [4.78, 5) is 28.0. The van der Waals surface area contributed by atoms with Crippen molar-refractivity contribution in [2.24, 2.45) is 0 Å². The Morgan fingerprint density at radius 3 is 2.79 bits per heavy atom. The fraction of sp³-hybridized carbons (Fsp3) is 0.448. The van der Waals surface area contributed by atoms with Gasteiger partial charge in [-0.25, -0.2) is 0 Å². The van der Waals surface area contributed by atoms with E-state index in [0.717, 1.165) is 43.1 Å². The van der Waals surface area contributed by atoms with Gasteiger partial charge in [0, 0.05) is 63.0 Å². The first kappa shape index (κ1) is 25.7. The van der Waals surface area contributed by atoms with Gasteiger partial charge in [0.25, 0.3) is 0 Å². The van der Waals surface area contributed by atoms with E-state index in [0.29, 0.717) is 25.5 Å². The zero-order valence-electron chi connectivity index (χ0n) is 22.4. The van der Waals surface area contributed by atoms with Gasteiger partial charge in [-0.3, -0.25) is 4.79 Å². The number of carbonyl (C=O) groups is 1. The van der Waals surface area contributed by atoms with E-state index in [1.165, 1.54) is 22.0 Å². The molecule has 2 aliphatic rings. The van der Waals surface area contributed by atoms with Crippen LogP contribution in [0.15, 0.2) is 36.4 Å². The van der Waals surface area contributed by atoms with Gasteiger partial charge in [0.2, 0.25) is 5.91 Å². The lowest BCUT2D eigenvalue weighted by Crippen LogP contribution is -2.51. The van der Waals surface area contributed by atoms with Gasteiger partial charge in [-0.2, -0.15) is 15.2 Å². The number of hydrogen-bond acceptors (Lipinski definition) is 8. The number of nitriles is 1. The summed E-state index contributed by atoms with van der Waals surface area (Å²) >= 11 is 0. The van der Waals surface area contributed by atoms with Crippen LogP contribution in [0.5, 0.6) is 6.01 Å². The number of hydrogen-bond donors (Lipinski definition) is 1. The highest BCUT2D eigenvalue weighted by Gasteiger charge is 2.29. The topological polar surface area (TPSA) is 97.6 Å². The van der Waals surface area contributed by atoms with E-state index < -0.39 is 0 Å². The Labute approximate surface area is 224 Å². The molecule has 0 radical (unpaired) electrons. The summed E-state index contributed by atoms with van der Waals surface area (Å²) in [5.74, 6) is 0.893. The van der Waals surface area contributed by atoms with E-state index in [1.807, 2.05) is 0 Å². The first-order valence-corrected chi connectivity index (χ1v) is 13.3. The number of benzene rings is 2. The summed E-state index contributed by atoms with van der Waals surface area (Å²) in [6.07, 6.45) is 1.54. The molecule has 1 fully saturated rings. The van der Waals surface area contributed by atoms with E-state index in [9.17, 15) is 10.1 Å². The molecule has 1 unspecified atom stereocenters. The number of rotatable bonds is 7. The number of aryl methyl sites for hydroxylation is 1. The molecule has 2 aliphatic heterocycles. The second-order valence-electron chi connectivity index (χ2n) is 10.2. The Morgan fingerprint density at radius 2 is 2.00 bits per heavy atom. The van der Waals surface area contributed by atoms with Gasteiger partial charge in [-0.1, -0.05) is 30.3 Å². The molecular formula is C29H35N7O2. The maximum absolute atomic E-state index is 12.1. The standard InChI is InChI=1S/C29H35N7O2/c1-20-6-4-7-21-8-5-9-25(27(20)21)35-15-11-23-24(19-35)32-29(38-17-12-26(37)34(2)3)33-28(23)36-16-14-31-22(18-36)10-13-30/h4-9,22,31H,10-12,14-19H2,1-3H3. The van der Waals surface area contributed by atoms with Gasteiger partial charge in [-0.15, -0.1) is 0 Å². The highest BCUT2D eigenvalue weighted by molar-refractivity contribution is 5.97. The molecule has 1 atom stereocenters. The molecule has 38 heavy (non-hydrogen) atoms. The summed E-state index contributed by atoms with van der Waals surface area (Å²) in [7, 11) is 3.48. The number of aromatic nitrogens is 2. The Kier molecular flexibility index (Phi) is 7.61. The van der Waals surface area contributed by atoms with Crippen LogP contribution in [0.1, 0.15) is 29.7 Å². The van der Waals surface area contributed by atoms with Gasteiger partial charge in [0.05, 0.1) is 31.1 Å². The van der Waals surface area contributed by atoms with Crippen molar-refractivity contribution in [1.82, 2.24) is 20.2 Å². The summed E-state index contributed by atoms with van der Waals surface area (Å²) in [6, 6.07) is 15.6. The molecule has 5 rings (SSSR count). The fourth-order valence-corrected chi connectivity index (χ4v) is 5.41. The quantitative estimate of drug-likeness (QED) is 0.515. The minimum atomic E-state index is 0.00198. The molecule has 3 heterocycles. The zero-order chi connectivity index (χ0) is 26.6. The Morgan fingerprint density at radius 1 is 1.18 bits per heavy atom. The summed E-state index contributed by atoms with van der Waals surface area (Å²) in [5.41, 5.74) is 4.57. The van der Waals surface area contributed by atoms with E-state index in [1.54, 1.807) is 19.0 Å². The molecule has 1 saturated heterocycles. The average molecular weight is 514 g/mol. The summed E-state index contributed by atoms with van der Waals surface area (Å²) in [6.45, 7) is 6.20. The zero-order valence-corrected chi connectivity index (χ0v) is 22.4. The second kappa shape index (κ2) is 11.2. The van der Waals surface area contributed by atoms with Crippen LogP contribution < -0.4 is 19.9 Å². The maximum atomic E-state index is 12.1. The van der Waals surface area contributed by atoms with Crippen molar-refractivity contribution in [2.75, 3.05) is 56.7 Å². The molecular weight excluding hydrogens is 478 g/mol. The third kappa shape index (κ3) is 5.36. The lowest BCUT2D eigenvalue weighted by atomic mass is 9.99. The lowest BCUT2D eigenvalue weighted by molar-refractivity contribution is -0.129. The predicted molar refractivity (Wildman–Crippen MR) is 149 cm³/mol. The van der Waals surface area contributed by atoms with Crippen molar-refractivity contribution in [3.05, 3.63) is 53.2 Å². The third-order valence-electron chi connectivity index (χ3n) is 7.39. The molecule has 1 N–H and O–H groups in total. The molecule has 9 nitrogen and oxygen atoms in total. The average Bonchev–Trinajstić information content (AvgIpc) is 2.92. The second-order valence-corrected chi connectivity index (χ2v) is 10.2. The van der Waals surface area contributed by atoms with Gasteiger partial charge in [-0.05, 0) is 30.4 Å². The van der Waals surface area contributed by atoms with Crippen LogP contribution in [-0.2, 0) is 17.8 Å². The van der Waals surface area contributed by atoms with Gasteiger partial charge in [0.1, 0.15) is 12.4 Å². The third-order valence-corrected chi connectivity index (χ3v) is 7.39. The van der Waals surface area contributed by atoms with Crippen molar-refractivity contribution in [1.29, 1.82) is 5.26 Å². The van der Waals surface area contributed by atoms with E-state index in [-0.39, 0.29) is 25.0 Å². The van der Waals surface area contributed by atoms with Gasteiger partial charge >= 0.3 is 6.01 Å². The maximum Gasteiger partial charge on any atom is 0.318 e. The number of nitrogens with one attached hydrogen (secondary N) is 1. The molecule has 1 aromatic heterocycles. The smallest absolute Gasteiger partial charge is 0.318 e. The lowest BCUT2D eigenvalue weighted by Gasteiger charge is -2.37. The summed E-state index contributed by atoms with van der Waals surface area (Å²) < 4.78 is 5.95. The monoisotopic (exact) mass is 513 g/mol. The Balaban J connectivity index is 1.47. The highest BCUT2D eigenvalue weighted by Crippen LogP contribution is 2.35. The molecule has 9 heteroatoms. The minimum absolute atomic E-state index is 0.00198. The van der Waals surface area contributed by atoms with Gasteiger partial charge in [0.15, 0.2) is 0 Å². The predicted octanol–water partition coefficient (Wildman–Crippen LogP) is 3.05. The number of amides is 1. The molecule has 0 saturated carbocycles. The van der Waals surface area contributed by atoms with Crippen LogP contribution in [0.25, 0.3) is 10.8 Å². The van der Waals surface area contributed by atoms with Crippen molar-refractivity contribution >= 4 is 28.2 Å². The van der Waals surface area contributed by atoms with Crippen LogP contribution in [0, 0.1) is 18.3 Å². The largest absolute Gasteiger partial charge is 0.463 e. The normalized spacial score (nSPS) is 17.2. The molecule has 2 aromatic carbocycles. The number of ether oxygens (including phenoxy) is 1. The molecule has 1 amide bonds. The van der Waals surface area contributed by atoms with Crippen LogP contribution in [0.2, 0.25) is 0 Å². The number of carbonyl (C=O) groups excluding carboxylic acids is 1. The Hall–Kier alpha value is -3.90. The van der Waals surface area contributed by atoms with Crippen LogP contribution in [0.3, 0.4) is 0 Å². The van der Waals surface area contributed by atoms with E-state index in [2.05, 4.69) is 64.5 Å². The first-order valence-electron chi connectivity index (χ1n) is 13.3. The highest BCUT2D eigenvalue weighted by atomic mass is 16.5. The number of nitrogens with zero attached hydrogens (tertiary/aromatic N) is 6. The van der Waals surface area contributed by atoms with Crippen LogP contribution in [-0.4, -0.2) is 73.7 Å². The fourth-order valence-electron chi connectivity index (χ4n) is 5.41. The van der Waals surface area contributed by atoms with E-state index >= 15 is 0 Å². The van der Waals surface area contributed by atoms with Crippen molar-refractivity contribution in [3.63, 3.8) is 0 Å². The number of anilines is 2. The number of fused-ring (bicyclic) bond motifs is 2. The Bertz CT molecular complexity index is 1360. The van der Waals surface area contributed by atoms with Crippen molar-refractivity contribution < 1.29 is 9.53 Å². The first-order chi connectivity index (χ1) is 18.4. The minimum Gasteiger partial charge on any atom is -0.463 e. The molecule has 3 aromatic rings. The molecule has 0 aliphatic carbocycles. The molecule has 198 valence electrons. The van der Waals surface area contributed by atoms with Crippen LogP contribution >= 0.6 is 0 Å². The van der Waals surface area contributed by atoms with Gasteiger partial charge < -0.3 is 24.8 Å². The molecule has 0 spiro atoms. The van der Waals surface area contributed by atoms with Crippen LogP contribution in [0.4, 0.5) is 11.5 Å². The van der Waals surface area contributed by atoms with Crippen molar-refractivity contribution in [3.8, 4) is 12.1 Å². The number of piperazine rings is 1. The summed E-state index contributed by atoms with van der Waals surface area (Å²) in [5, 5.41) is 15.2. The SMILES string of the molecule is Cc1cccc2cccc(N3CCc4c(nc(OCCC(=O)N(C)C)nc4N4CCNC(CC#N)C4)C3)c12.